The van der Waals surface area contributed by atoms with E-state index < -0.39 is 11.5 Å². The highest BCUT2D eigenvalue weighted by Gasteiger charge is 2.46. The number of carbonyl (C=O) groups is 2. The van der Waals surface area contributed by atoms with Crippen LogP contribution >= 0.6 is 0 Å². The molecule has 0 aromatic carbocycles. The van der Waals surface area contributed by atoms with Crippen molar-refractivity contribution in [2.45, 2.75) is 31.2 Å². The van der Waals surface area contributed by atoms with Gasteiger partial charge in [0.05, 0.1) is 12.5 Å². The molecule has 1 saturated heterocycles. The summed E-state index contributed by atoms with van der Waals surface area (Å²) < 4.78 is 5.10. The minimum absolute atomic E-state index is 0.165. The van der Waals surface area contributed by atoms with Crippen LogP contribution in [0.3, 0.4) is 0 Å². The van der Waals surface area contributed by atoms with Crippen LogP contribution in [0.25, 0.3) is 0 Å². The fourth-order valence-electron chi connectivity index (χ4n) is 2.00. The number of hydrogen-bond acceptors (Lipinski definition) is 3. The molecule has 2 N–H and O–H groups in total. The molecule has 2 rings (SSSR count). The molecule has 0 aromatic heterocycles. The normalized spacial score (nSPS) is 28.1. The van der Waals surface area contributed by atoms with Gasteiger partial charge in [0.2, 0.25) is 5.91 Å². The van der Waals surface area contributed by atoms with Crippen molar-refractivity contribution < 1.29 is 19.4 Å². The lowest BCUT2D eigenvalue weighted by molar-refractivity contribution is -0.152. The molecular weight excluding hydrogens is 198 g/mol. The molecule has 5 nitrogen and oxygen atoms in total. The first-order chi connectivity index (χ1) is 7.14. The molecule has 84 valence electrons. The summed E-state index contributed by atoms with van der Waals surface area (Å²) in [6.07, 6.45) is 2.65. The minimum Gasteiger partial charge on any atom is -0.480 e. The lowest BCUT2D eigenvalue weighted by Gasteiger charge is -2.38. The van der Waals surface area contributed by atoms with Crippen LogP contribution in [0, 0.1) is 5.92 Å². The number of amides is 1. The molecule has 0 bridgehead atoms. The van der Waals surface area contributed by atoms with E-state index in [4.69, 9.17) is 9.84 Å². The fourth-order valence-corrected chi connectivity index (χ4v) is 2.00. The van der Waals surface area contributed by atoms with E-state index in [9.17, 15) is 9.59 Å². The molecule has 5 heteroatoms. The maximum absolute atomic E-state index is 11.7. The maximum atomic E-state index is 11.7. The largest absolute Gasteiger partial charge is 0.480 e. The van der Waals surface area contributed by atoms with Gasteiger partial charge in [-0.15, -0.1) is 0 Å². The number of nitrogens with one attached hydrogen (secondary N) is 1. The van der Waals surface area contributed by atoms with Gasteiger partial charge >= 0.3 is 5.97 Å². The van der Waals surface area contributed by atoms with Crippen LogP contribution in [0.1, 0.15) is 25.7 Å². The smallest absolute Gasteiger partial charge is 0.329 e. The molecule has 1 aliphatic heterocycles. The van der Waals surface area contributed by atoms with Crippen molar-refractivity contribution in [2.75, 3.05) is 13.2 Å². The highest BCUT2D eigenvalue weighted by atomic mass is 16.5. The highest BCUT2D eigenvalue weighted by molar-refractivity contribution is 5.89. The minimum atomic E-state index is -0.986. The monoisotopic (exact) mass is 213 g/mol. The topological polar surface area (TPSA) is 75.6 Å². The van der Waals surface area contributed by atoms with E-state index in [1.54, 1.807) is 0 Å². The van der Waals surface area contributed by atoms with Crippen molar-refractivity contribution in [2.24, 2.45) is 5.92 Å². The Labute approximate surface area is 87.8 Å². The molecule has 1 amide bonds. The highest BCUT2D eigenvalue weighted by Crippen LogP contribution is 2.32. The summed E-state index contributed by atoms with van der Waals surface area (Å²) in [6, 6.07) is 0. The van der Waals surface area contributed by atoms with Gasteiger partial charge in [-0.05, 0) is 25.7 Å². The maximum Gasteiger partial charge on any atom is 0.329 e. The lowest BCUT2D eigenvalue weighted by atomic mass is 9.76. The predicted molar refractivity (Wildman–Crippen MR) is 51.3 cm³/mol. The van der Waals surface area contributed by atoms with E-state index in [0.29, 0.717) is 32.5 Å². The molecule has 0 aromatic rings. The molecule has 0 spiro atoms. The van der Waals surface area contributed by atoms with Gasteiger partial charge < -0.3 is 15.2 Å². The Morgan fingerprint density at radius 1 is 1.40 bits per heavy atom. The van der Waals surface area contributed by atoms with Crippen LogP contribution < -0.4 is 5.32 Å². The third-order valence-corrected chi connectivity index (χ3v) is 3.28. The van der Waals surface area contributed by atoms with Gasteiger partial charge in [-0.2, -0.15) is 0 Å². The van der Waals surface area contributed by atoms with Gasteiger partial charge in [-0.3, -0.25) is 4.79 Å². The number of aliphatic carboxylic acids is 1. The zero-order valence-electron chi connectivity index (χ0n) is 8.49. The zero-order valence-corrected chi connectivity index (χ0v) is 8.49. The molecule has 2 aliphatic rings. The van der Waals surface area contributed by atoms with Crippen LogP contribution in [0.2, 0.25) is 0 Å². The van der Waals surface area contributed by atoms with Crippen LogP contribution in [0.4, 0.5) is 0 Å². The second-order valence-corrected chi connectivity index (χ2v) is 4.29. The summed E-state index contributed by atoms with van der Waals surface area (Å²) in [6.45, 7) is 1.01. The van der Waals surface area contributed by atoms with Crippen LogP contribution in [0.5, 0.6) is 0 Å². The summed E-state index contributed by atoms with van der Waals surface area (Å²) >= 11 is 0. The number of carboxylic acids is 1. The summed E-state index contributed by atoms with van der Waals surface area (Å²) in [5, 5.41) is 11.7. The number of carboxylic acid groups (broad SMARTS) is 1. The summed E-state index contributed by atoms with van der Waals surface area (Å²) in [4.78, 5) is 22.7. The number of hydrogen-bond donors (Lipinski definition) is 2. The molecule has 0 radical (unpaired) electrons. The Balaban J connectivity index is 1.94. The summed E-state index contributed by atoms with van der Waals surface area (Å²) in [5.41, 5.74) is -0.986. The second kappa shape index (κ2) is 3.81. The molecular formula is C10H15NO4. The first-order valence-corrected chi connectivity index (χ1v) is 5.27. The van der Waals surface area contributed by atoms with Crippen molar-refractivity contribution in [3.8, 4) is 0 Å². The van der Waals surface area contributed by atoms with Crippen LogP contribution in [0.15, 0.2) is 0 Å². The van der Waals surface area contributed by atoms with E-state index in [1.165, 1.54) is 0 Å². The van der Waals surface area contributed by atoms with Crippen molar-refractivity contribution in [1.82, 2.24) is 5.32 Å². The van der Waals surface area contributed by atoms with Crippen molar-refractivity contribution >= 4 is 11.9 Å². The first kappa shape index (κ1) is 10.4. The van der Waals surface area contributed by atoms with Gasteiger partial charge in [-0.25, -0.2) is 4.79 Å². The summed E-state index contributed by atoms with van der Waals surface area (Å²) in [7, 11) is 0. The van der Waals surface area contributed by atoms with Crippen LogP contribution in [-0.2, 0) is 14.3 Å². The molecule has 15 heavy (non-hydrogen) atoms. The van der Waals surface area contributed by atoms with Crippen molar-refractivity contribution in [3.05, 3.63) is 0 Å². The Morgan fingerprint density at radius 2 is 2.13 bits per heavy atom. The molecule has 0 unspecified atom stereocenters. The number of ether oxygens (including phenoxy) is 1. The van der Waals surface area contributed by atoms with Crippen LogP contribution in [-0.4, -0.2) is 35.7 Å². The van der Waals surface area contributed by atoms with Gasteiger partial charge in [-0.1, -0.05) is 0 Å². The Bertz CT molecular complexity index is 279. The average molecular weight is 213 g/mol. The number of rotatable bonds is 3. The van der Waals surface area contributed by atoms with E-state index in [-0.39, 0.29) is 11.8 Å². The Kier molecular flexibility index (Phi) is 2.65. The molecule has 1 heterocycles. The van der Waals surface area contributed by atoms with Gasteiger partial charge in [0.25, 0.3) is 0 Å². The third-order valence-electron chi connectivity index (χ3n) is 3.28. The average Bonchev–Trinajstić information content (AvgIpc) is 2.62. The first-order valence-electron chi connectivity index (χ1n) is 5.27. The third kappa shape index (κ3) is 1.84. The van der Waals surface area contributed by atoms with Gasteiger partial charge in [0.1, 0.15) is 5.54 Å². The predicted octanol–water partition coefficient (Wildman–Crippen LogP) is 0.146. The van der Waals surface area contributed by atoms with E-state index in [0.717, 1.165) is 6.42 Å². The van der Waals surface area contributed by atoms with Crippen molar-refractivity contribution in [3.63, 3.8) is 0 Å². The SMILES string of the molecule is O=C(NC1(C(=O)O)CCC1)[C@@H]1CCOC1. The summed E-state index contributed by atoms with van der Waals surface area (Å²) in [5.74, 6) is -1.25. The lowest BCUT2D eigenvalue weighted by Crippen LogP contribution is -2.60. The molecule has 1 aliphatic carbocycles. The second-order valence-electron chi connectivity index (χ2n) is 4.29. The number of carbonyl (C=O) groups excluding carboxylic acids is 1. The van der Waals surface area contributed by atoms with Crippen molar-refractivity contribution in [1.29, 1.82) is 0 Å². The zero-order chi connectivity index (χ0) is 10.9. The Hall–Kier alpha value is -1.10. The van der Waals surface area contributed by atoms with Gasteiger partial charge in [0, 0.05) is 6.61 Å². The quantitative estimate of drug-likeness (QED) is 0.699. The van der Waals surface area contributed by atoms with E-state index in [1.807, 2.05) is 0 Å². The Morgan fingerprint density at radius 3 is 2.53 bits per heavy atom. The standard InChI is InChI=1S/C10H15NO4/c12-8(7-2-5-15-6-7)11-10(9(13)14)3-1-4-10/h7H,1-6H2,(H,11,12)(H,13,14)/t7-/m1/s1. The van der Waals surface area contributed by atoms with E-state index >= 15 is 0 Å². The molecule has 1 atom stereocenters. The van der Waals surface area contributed by atoms with E-state index in [2.05, 4.69) is 5.32 Å². The fraction of sp³-hybridized carbons (Fsp3) is 0.800. The molecule has 2 fully saturated rings. The molecule has 1 saturated carbocycles. The van der Waals surface area contributed by atoms with Gasteiger partial charge in [0.15, 0.2) is 0 Å².